The van der Waals surface area contributed by atoms with Gasteiger partial charge in [-0.1, -0.05) is 13.8 Å². The molecule has 1 aromatic carbocycles. The highest BCUT2D eigenvalue weighted by molar-refractivity contribution is 7.89. The molecule has 1 fully saturated rings. The molecule has 0 saturated carbocycles. The molecule has 0 spiro atoms. The van der Waals surface area contributed by atoms with Crippen LogP contribution >= 0.6 is 0 Å². The van der Waals surface area contributed by atoms with Gasteiger partial charge in [0, 0.05) is 24.8 Å². The average Bonchev–Trinajstić information content (AvgIpc) is 3.20. The first-order valence-electron chi connectivity index (χ1n) is 9.21. The number of hydrogen-bond acceptors (Lipinski definition) is 4. The molecule has 28 heavy (non-hydrogen) atoms. The van der Waals surface area contributed by atoms with Gasteiger partial charge in [0.15, 0.2) is 0 Å². The Morgan fingerprint density at radius 2 is 1.82 bits per heavy atom. The lowest BCUT2D eigenvalue weighted by atomic mass is 10.0. The van der Waals surface area contributed by atoms with Crippen molar-refractivity contribution in [3.8, 4) is 5.69 Å². The summed E-state index contributed by atoms with van der Waals surface area (Å²) in [4.78, 5) is 24.2. The van der Waals surface area contributed by atoms with E-state index in [1.54, 1.807) is 23.9 Å². The van der Waals surface area contributed by atoms with Crippen molar-refractivity contribution >= 4 is 16.0 Å². The molecule has 0 aliphatic carbocycles. The van der Waals surface area contributed by atoms with Gasteiger partial charge >= 0.3 is 5.97 Å². The van der Waals surface area contributed by atoms with E-state index in [4.69, 9.17) is 0 Å². The smallest absolute Gasteiger partial charge is 0.322 e. The van der Waals surface area contributed by atoms with E-state index in [2.05, 4.69) is 0 Å². The van der Waals surface area contributed by atoms with Crippen LogP contribution in [0.1, 0.15) is 43.9 Å². The fourth-order valence-corrected chi connectivity index (χ4v) is 5.50. The SMILES string of the molecule is Cc1c(C(C)C)c(=O)n(-c2ccc(S(=O)(=O)N3CCCC3C(=O)O)cc2)n1C. The molecular weight excluding hydrogens is 382 g/mol. The van der Waals surface area contributed by atoms with E-state index in [1.807, 2.05) is 20.8 Å². The van der Waals surface area contributed by atoms with Crippen LogP contribution in [0.15, 0.2) is 34.0 Å². The number of nitrogens with zero attached hydrogens (tertiary/aromatic N) is 3. The summed E-state index contributed by atoms with van der Waals surface area (Å²) in [7, 11) is -2.12. The zero-order valence-electron chi connectivity index (χ0n) is 16.4. The molecule has 1 unspecified atom stereocenters. The maximum atomic E-state index is 12.9. The van der Waals surface area contributed by atoms with Gasteiger partial charge in [-0.05, 0) is 49.9 Å². The standard InChI is InChI=1S/C19H25N3O5S/c1-12(2)17-13(3)20(4)22(18(17)23)14-7-9-15(10-8-14)28(26,27)21-11-5-6-16(21)19(24)25/h7-10,12,16H,5-6,11H2,1-4H3,(H,24,25). The normalized spacial score (nSPS) is 18.1. The second-order valence-corrected chi connectivity index (χ2v) is 9.29. The lowest BCUT2D eigenvalue weighted by molar-refractivity contribution is -0.140. The molecule has 1 atom stereocenters. The van der Waals surface area contributed by atoms with Crippen molar-refractivity contribution in [2.24, 2.45) is 7.05 Å². The van der Waals surface area contributed by atoms with E-state index < -0.39 is 22.0 Å². The van der Waals surface area contributed by atoms with Crippen LogP contribution in [0, 0.1) is 6.92 Å². The van der Waals surface area contributed by atoms with E-state index in [-0.39, 0.29) is 22.9 Å². The average molecular weight is 407 g/mol. The van der Waals surface area contributed by atoms with Crippen molar-refractivity contribution in [3.05, 3.63) is 45.9 Å². The molecule has 1 aromatic heterocycles. The van der Waals surface area contributed by atoms with Gasteiger partial charge in [-0.3, -0.25) is 14.3 Å². The van der Waals surface area contributed by atoms with Crippen LogP contribution in [0.3, 0.4) is 0 Å². The number of aromatic nitrogens is 2. The Labute approximate surface area is 164 Å². The number of carbonyl (C=O) groups is 1. The summed E-state index contributed by atoms with van der Waals surface area (Å²) < 4.78 is 30.0. The van der Waals surface area contributed by atoms with Gasteiger partial charge in [-0.25, -0.2) is 13.1 Å². The van der Waals surface area contributed by atoms with E-state index in [1.165, 1.54) is 16.8 Å². The summed E-state index contributed by atoms with van der Waals surface area (Å²) in [5.74, 6) is -1.06. The number of carboxylic acids is 1. The van der Waals surface area contributed by atoms with Crippen LogP contribution in [0.2, 0.25) is 0 Å². The third-order valence-corrected chi connectivity index (χ3v) is 7.27. The summed E-state index contributed by atoms with van der Waals surface area (Å²) in [6.07, 6.45) is 0.826. The van der Waals surface area contributed by atoms with Crippen molar-refractivity contribution in [3.63, 3.8) is 0 Å². The third-order valence-electron chi connectivity index (χ3n) is 5.35. The molecule has 1 aliphatic rings. The molecule has 2 heterocycles. The fraction of sp³-hybridized carbons (Fsp3) is 0.474. The Hall–Kier alpha value is -2.39. The second kappa shape index (κ2) is 7.21. The summed E-state index contributed by atoms with van der Waals surface area (Å²) in [5.41, 5.74) is 2.01. The molecule has 8 nitrogen and oxygen atoms in total. The molecule has 2 aromatic rings. The number of hydrogen-bond donors (Lipinski definition) is 1. The highest BCUT2D eigenvalue weighted by Gasteiger charge is 2.39. The Morgan fingerprint density at radius 1 is 1.21 bits per heavy atom. The molecule has 0 bridgehead atoms. The van der Waals surface area contributed by atoms with Gasteiger partial charge in [0.1, 0.15) is 6.04 Å². The molecule has 0 radical (unpaired) electrons. The molecule has 0 amide bonds. The van der Waals surface area contributed by atoms with Crippen LogP contribution in [0.25, 0.3) is 5.69 Å². The topological polar surface area (TPSA) is 102 Å². The van der Waals surface area contributed by atoms with Crippen LogP contribution in [-0.4, -0.2) is 45.7 Å². The molecule has 3 rings (SSSR count). The van der Waals surface area contributed by atoms with Crippen LogP contribution in [-0.2, 0) is 21.9 Å². The maximum absolute atomic E-state index is 12.9. The number of aliphatic carboxylic acids is 1. The monoisotopic (exact) mass is 407 g/mol. The lowest BCUT2D eigenvalue weighted by Crippen LogP contribution is -2.40. The van der Waals surface area contributed by atoms with Gasteiger partial charge in [-0.2, -0.15) is 4.31 Å². The van der Waals surface area contributed by atoms with E-state index >= 15 is 0 Å². The Bertz CT molecular complexity index is 1060. The first-order chi connectivity index (χ1) is 13.1. The predicted octanol–water partition coefficient (Wildman–Crippen LogP) is 1.85. The lowest BCUT2D eigenvalue weighted by Gasteiger charge is -2.21. The van der Waals surface area contributed by atoms with Gasteiger partial charge in [0.25, 0.3) is 5.56 Å². The molecule has 1 saturated heterocycles. The predicted molar refractivity (Wildman–Crippen MR) is 104 cm³/mol. The van der Waals surface area contributed by atoms with Gasteiger partial charge in [0.2, 0.25) is 10.0 Å². The molecule has 1 N–H and O–H groups in total. The Balaban J connectivity index is 2.01. The Morgan fingerprint density at radius 3 is 2.32 bits per heavy atom. The Kier molecular flexibility index (Phi) is 5.24. The minimum absolute atomic E-state index is 0.0208. The fourth-order valence-electron chi connectivity index (χ4n) is 3.85. The molecule has 9 heteroatoms. The maximum Gasteiger partial charge on any atom is 0.322 e. The van der Waals surface area contributed by atoms with Crippen LogP contribution in [0.4, 0.5) is 0 Å². The van der Waals surface area contributed by atoms with Gasteiger partial charge in [-0.15, -0.1) is 0 Å². The van der Waals surface area contributed by atoms with Crippen molar-refractivity contribution in [2.45, 2.75) is 50.5 Å². The second-order valence-electron chi connectivity index (χ2n) is 7.40. The van der Waals surface area contributed by atoms with Crippen molar-refractivity contribution in [1.82, 2.24) is 13.7 Å². The van der Waals surface area contributed by atoms with E-state index in [9.17, 15) is 23.1 Å². The highest BCUT2D eigenvalue weighted by Crippen LogP contribution is 2.27. The van der Waals surface area contributed by atoms with Crippen LogP contribution < -0.4 is 5.56 Å². The first-order valence-corrected chi connectivity index (χ1v) is 10.6. The zero-order chi connectivity index (χ0) is 20.8. The van der Waals surface area contributed by atoms with Gasteiger partial charge in [0.05, 0.1) is 10.6 Å². The quantitative estimate of drug-likeness (QED) is 0.815. The van der Waals surface area contributed by atoms with Gasteiger partial charge < -0.3 is 5.11 Å². The number of rotatable bonds is 5. The summed E-state index contributed by atoms with van der Waals surface area (Å²) in [6.45, 7) is 5.98. The van der Waals surface area contributed by atoms with E-state index in [0.29, 0.717) is 18.5 Å². The third kappa shape index (κ3) is 3.18. The summed E-state index contributed by atoms with van der Waals surface area (Å²) in [5, 5.41) is 9.27. The first kappa shape index (κ1) is 20.3. The van der Waals surface area contributed by atoms with Crippen molar-refractivity contribution in [2.75, 3.05) is 6.54 Å². The molecule has 152 valence electrons. The van der Waals surface area contributed by atoms with Crippen molar-refractivity contribution < 1.29 is 18.3 Å². The number of benzene rings is 1. The summed E-state index contributed by atoms with van der Waals surface area (Å²) in [6, 6.07) is 4.96. The molecule has 1 aliphatic heterocycles. The number of sulfonamides is 1. The van der Waals surface area contributed by atoms with E-state index in [0.717, 1.165) is 15.6 Å². The summed E-state index contributed by atoms with van der Waals surface area (Å²) >= 11 is 0. The highest BCUT2D eigenvalue weighted by atomic mass is 32.2. The largest absolute Gasteiger partial charge is 0.480 e. The minimum Gasteiger partial charge on any atom is -0.480 e. The number of carboxylic acid groups (broad SMARTS) is 1. The molecular formula is C19H25N3O5S. The minimum atomic E-state index is -3.91. The zero-order valence-corrected chi connectivity index (χ0v) is 17.2. The van der Waals surface area contributed by atoms with Crippen LogP contribution in [0.5, 0.6) is 0 Å². The van der Waals surface area contributed by atoms with Crippen molar-refractivity contribution in [1.29, 1.82) is 0 Å².